The van der Waals surface area contributed by atoms with E-state index >= 15 is 0 Å². The molecule has 0 saturated heterocycles. The molecule has 3 aromatic carbocycles. The predicted molar refractivity (Wildman–Crippen MR) is 138 cm³/mol. The van der Waals surface area contributed by atoms with Crippen molar-refractivity contribution in [1.29, 1.82) is 0 Å². The van der Waals surface area contributed by atoms with Crippen molar-refractivity contribution in [3.05, 3.63) is 102 Å². The standard InChI is InChI=1S/C29H28N4O/c1-20-26-16-23(13-14-28(26)32-33(20)2)27-17-25(18-31-29(27)22-11-7-4-8-12-22)34-19-24(30)15-21-9-5-3-6-10-21/h3-14,16-18,24H,15,19,30H2,1-2H3/t24-/m0/s1. The van der Waals surface area contributed by atoms with Crippen LogP contribution in [-0.2, 0) is 13.5 Å². The molecule has 5 aromatic rings. The van der Waals surface area contributed by atoms with Crippen LogP contribution in [0.2, 0.25) is 0 Å². The SMILES string of the molecule is Cc1c2cc(-c3cc(OC[C@@H](N)Cc4ccccc4)cnc3-c3ccccc3)ccc2nn1C. The number of ether oxygens (including phenoxy) is 1. The third-order valence-corrected chi connectivity index (χ3v) is 6.16. The molecule has 0 unspecified atom stereocenters. The van der Waals surface area contributed by atoms with E-state index in [0.717, 1.165) is 45.4 Å². The van der Waals surface area contributed by atoms with Crippen LogP contribution in [0.25, 0.3) is 33.3 Å². The van der Waals surface area contributed by atoms with Crippen molar-refractivity contribution in [1.82, 2.24) is 14.8 Å². The fraction of sp³-hybridized carbons (Fsp3) is 0.172. The van der Waals surface area contributed by atoms with Gasteiger partial charge in [0, 0.05) is 35.3 Å². The van der Waals surface area contributed by atoms with Crippen LogP contribution in [0.5, 0.6) is 5.75 Å². The van der Waals surface area contributed by atoms with E-state index < -0.39 is 0 Å². The molecule has 170 valence electrons. The highest BCUT2D eigenvalue weighted by Crippen LogP contribution is 2.35. The van der Waals surface area contributed by atoms with Gasteiger partial charge in [-0.15, -0.1) is 0 Å². The largest absolute Gasteiger partial charge is 0.490 e. The maximum absolute atomic E-state index is 6.35. The van der Waals surface area contributed by atoms with Crippen molar-refractivity contribution >= 4 is 10.9 Å². The van der Waals surface area contributed by atoms with Crippen molar-refractivity contribution in [2.24, 2.45) is 12.8 Å². The van der Waals surface area contributed by atoms with Gasteiger partial charge in [-0.2, -0.15) is 5.10 Å². The summed E-state index contributed by atoms with van der Waals surface area (Å²) < 4.78 is 8.02. The molecule has 0 saturated carbocycles. The lowest BCUT2D eigenvalue weighted by Crippen LogP contribution is -2.30. The zero-order chi connectivity index (χ0) is 23.5. The van der Waals surface area contributed by atoms with E-state index in [1.54, 1.807) is 6.20 Å². The van der Waals surface area contributed by atoms with E-state index in [0.29, 0.717) is 12.4 Å². The molecule has 0 fully saturated rings. The zero-order valence-corrected chi connectivity index (χ0v) is 19.5. The molecule has 0 spiro atoms. The first kappa shape index (κ1) is 21.9. The summed E-state index contributed by atoms with van der Waals surface area (Å²) in [6.07, 6.45) is 2.55. The Balaban J connectivity index is 1.47. The molecule has 2 N–H and O–H groups in total. The van der Waals surface area contributed by atoms with Gasteiger partial charge >= 0.3 is 0 Å². The van der Waals surface area contributed by atoms with E-state index in [9.17, 15) is 0 Å². The number of hydrogen-bond acceptors (Lipinski definition) is 4. The first-order chi connectivity index (χ1) is 16.6. The van der Waals surface area contributed by atoms with Crippen LogP contribution in [0.1, 0.15) is 11.3 Å². The van der Waals surface area contributed by atoms with E-state index in [4.69, 9.17) is 15.5 Å². The van der Waals surface area contributed by atoms with Crippen LogP contribution < -0.4 is 10.5 Å². The predicted octanol–water partition coefficient (Wildman–Crippen LogP) is 5.56. The van der Waals surface area contributed by atoms with Gasteiger partial charge in [0.2, 0.25) is 0 Å². The van der Waals surface area contributed by atoms with E-state index in [2.05, 4.69) is 60.6 Å². The quantitative estimate of drug-likeness (QED) is 0.354. The number of nitrogens with two attached hydrogens (primary N) is 1. The smallest absolute Gasteiger partial charge is 0.138 e. The minimum Gasteiger partial charge on any atom is -0.490 e. The fourth-order valence-electron chi connectivity index (χ4n) is 4.24. The van der Waals surface area contributed by atoms with Gasteiger partial charge in [0.1, 0.15) is 12.4 Å². The molecule has 0 aliphatic heterocycles. The normalized spacial score (nSPS) is 12.1. The second-order valence-electron chi connectivity index (χ2n) is 8.63. The molecule has 1 atom stereocenters. The lowest BCUT2D eigenvalue weighted by Gasteiger charge is -2.16. The maximum atomic E-state index is 6.35. The molecular formula is C29H28N4O. The molecule has 2 heterocycles. The minimum atomic E-state index is -0.103. The fourth-order valence-corrected chi connectivity index (χ4v) is 4.24. The average Bonchev–Trinajstić information content (AvgIpc) is 3.16. The second kappa shape index (κ2) is 9.49. The van der Waals surface area contributed by atoms with Crippen LogP contribution in [0.3, 0.4) is 0 Å². The van der Waals surface area contributed by atoms with Crippen molar-refractivity contribution < 1.29 is 4.74 Å². The number of nitrogens with zero attached hydrogens (tertiary/aromatic N) is 3. The van der Waals surface area contributed by atoms with Crippen molar-refractivity contribution in [2.75, 3.05) is 6.61 Å². The van der Waals surface area contributed by atoms with Gasteiger partial charge < -0.3 is 10.5 Å². The van der Waals surface area contributed by atoms with Crippen LogP contribution in [0, 0.1) is 6.92 Å². The Morgan fingerprint density at radius 1 is 0.912 bits per heavy atom. The number of rotatable bonds is 7. The van der Waals surface area contributed by atoms with Gasteiger partial charge in [0.25, 0.3) is 0 Å². The highest BCUT2D eigenvalue weighted by molar-refractivity contribution is 5.90. The highest BCUT2D eigenvalue weighted by atomic mass is 16.5. The van der Waals surface area contributed by atoms with Crippen molar-refractivity contribution in [3.8, 4) is 28.1 Å². The summed E-state index contributed by atoms with van der Waals surface area (Å²) in [6, 6.07) is 28.8. The topological polar surface area (TPSA) is 66.0 Å². The Bertz CT molecular complexity index is 1410. The molecular weight excluding hydrogens is 420 g/mol. The van der Waals surface area contributed by atoms with E-state index in [1.165, 1.54) is 5.56 Å². The molecule has 0 bridgehead atoms. The van der Waals surface area contributed by atoms with Gasteiger partial charge in [-0.25, -0.2) is 0 Å². The highest BCUT2D eigenvalue weighted by Gasteiger charge is 2.14. The summed E-state index contributed by atoms with van der Waals surface area (Å²) in [7, 11) is 1.97. The first-order valence-corrected chi connectivity index (χ1v) is 11.5. The van der Waals surface area contributed by atoms with E-state index in [-0.39, 0.29) is 6.04 Å². The number of hydrogen-bond donors (Lipinski definition) is 1. The van der Waals surface area contributed by atoms with Crippen LogP contribution in [0.15, 0.2) is 91.1 Å². The number of aryl methyl sites for hydroxylation is 2. The number of pyridine rings is 1. The molecule has 5 nitrogen and oxygen atoms in total. The molecule has 34 heavy (non-hydrogen) atoms. The van der Waals surface area contributed by atoms with Crippen molar-refractivity contribution in [3.63, 3.8) is 0 Å². The van der Waals surface area contributed by atoms with Gasteiger partial charge in [-0.05, 0) is 42.7 Å². The molecule has 5 heteroatoms. The summed E-state index contributed by atoms with van der Waals surface area (Å²) in [5, 5.41) is 5.73. The first-order valence-electron chi connectivity index (χ1n) is 11.5. The summed E-state index contributed by atoms with van der Waals surface area (Å²) in [5.74, 6) is 0.709. The van der Waals surface area contributed by atoms with Gasteiger partial charge in [0.05, 0.1) is 17.4 Å². The number of benzene rings is 3. The lowest BCUT2D eigenvalue weighted by molar-refractivity contribution is 0.287. The van der Waals surface area contributed by atoms with Gasteiger partial charge in [-0.1, -0.05) is 66.7 Å². The van der Waals surface area contributed by atoms with Crippen LogP contribution in [-0.4, -0.2) is 27.4 Å². The Hall–Kier alpha value is -3.96. The Kier molecular flexibility index (Phi) is 6.11. The zero-order valence-electron chi connectivity index (χ0n) is 19.5. The molecule has 0 aliphatic carbocycles. The Morgan fingerprint density at radius 3 is 2.41 bits per heavy atom. The second-order valence-corrected chi connectivity index (χ2v) is 8.63. The summed E-state index contributed by atoms with van der Waals surface area (Å²) in [4.78, 5) is 4.81. The third-order valence-electron chi connectivity index (χ3n) is 6.16. The lowest BCUT2D eigenvalue weighted by atomic mass is 9.98. The molecule has 0 radical (unpaired) electrons. The minimum absolute atomic E-state index is 0.103. The molecule has 0 aliphatic rings. The molecule has 2 aromatic heterocycles. The Labute approximate surface area is 199 Å². The monoisotopic (exact) mass is 448 g/mol. The third kappa shape index (κ3) is 4.56. The average molecular weight is 449 g/mol. The summed E-state index contributed by atoms with van der Waals surface area (Å²) in [6.45, 7) is 2.50. The number of fused-ring (bicyclic) bond motifs is 1. The summed E-state index contributed by atoms with van der Waals surface area (Å²) in [5.41, 5.74) is 13.7. The van der Waals surface area contributed by atoms with Crippen molar-refractivity contribution in [2.45, 2.75) is 19.4 Å². The molecule has 5 rings (SSSR count). The maximum Gasteiger partial charge on any atom is 0.138 e. The van der Waals surface area contributed by atoms with Gasteiger partial charge in [-0.3, -0.25) is 9.67 Å². The van der Waals surface area contributed by atoms with Crippen LogP contribution in [0.4, 0.5) is 0 Å². The summed E-state index contributed by atoms with van der Waals surface area (Å²) >= 11 is 0. The van der Waals surface area contributed by atoms with Gasteiger partial charge in [0.15, 0.2) is 0 Å². The molecule has 0 amide bonds. The van der Waals surface area contributed by atoms with Crippen LogP contribution >= 0.6 is 0 Å². The number of aromatic nitrogens is 3. The van der Waals surface area contributed by atoms with E-state index in [1.807, 2.05) is 48.1 Å². The Morgan fingerprint density at radius 2 is 1.65 bits per heavy atom.